The van der Waals surface area contributed by atoms with Crippen molar-refractivity contribution in [2.24, 2.45) is 0 Å². The third kappa shape index (κ3) is 4.35. The Labute approximate surface area is 154 Å². The number of quaternary nitrogens is 1. The maximum absolute atomic E-state index is 12.8. The van der Waals surface area contributed by atoms with Gasteiger partial charge in [-0.3, -0.25) is 4.79 Å². The van der Waals surface area contributed by atoms with Crippen molar-refractivity contribution < 1.29 is 19.2 Å². The van der Waals surface area contributed by atoms with Crippen LogP contribution in [-0.2, 0) is 11.3 Å². The Morgan fingerprint density at radius 1 is 1.12 bits per heavy atom. The van der Waals surface area contributed by atoms with Crippen molar-refractivity contribution in [3.05, 3.63) is 54.1 Å². The van der Waals surface area contributed by atoms with Crippen molar-refractivity contribution in [3.8, 4) is 11.5 Å². The number of para-hydroxylation sites is 2. The molecule has 0 aliphatic heterocycles. The number of methoxy groups -OCH3 is 2. The molecule has 5 heteroatoms. The topological polar surface area (TPSA) is 52.0 Å². The number of rotatable bonds is 8. The van der Waals surface area contributed by atoms with Crippen LogP contribution in [0.2, 0.25) is 0 Å². The maximum Gasteiger partial charge on any atom is 0.282 e. The summed E-state index contributed by atoms with van der Waals surface area (Å²) in [7, 11) is 3.28. The molecule has 0 radical (unpaired) electrons. The van der Waals surface area contributed by atoms with Gasteiger partial charge < -0.3 is 19.7 Å². The summed E-state index contributed by atoms with van der Waals surface area (Å²) in [6.45, 7) is 2.83. The van der Waals surface area contributed by atoms with E-state index in [1.165, 1.54) is 23.3 Å². The summed E-state index contributed by atoms with van der Waals surface area (Å²) in [6.07, 6.45) is 2.36. The Balaban J connectivity index is 1.69. The molecule has 1 aliphatic rings. The van der Waals surface area contributed by atoms with Gasteiger partial charge in [0.25, 0.3) is 5.91 Å². The Morgan fingerprint density at radius 3 is 2.42 bits per heavy atom. The molecular weight excluding hydrogens is 328 g/mol. The number of carbonyl (C=O) groups excluding carboxylic acids is 1. The minimum absolute atomic E-state index is 0.0184. The molecule has 5 nitrogen and oxygen atoms in total. The van der Waals surface area contributed by atoms with E-state index in [2.05, 4.69) is 17.4 Å². The lowest BCUT2D eigenvalue weighted by atomic mass is 10.1. The fourth-order valence-electron chi connectivity index (χ4n) is 3.24. The van der Waals surface area contributed by atoms with E-state index in [-0.39, 0.29) is 11.9 Å². The molecule has 1 amide bonds. The lowest BCUT2D eigenvalue weighted by Gasteiger charge is -2.25. The van der Waals surface area contributed by atoms with Gasteiger partial charge in [0, 0.05) is 18.4 Å². The molecule has 26 heavy (non-hydrogen) atoms. The first kappa shape index (κ1) is 18.3. The minimum Gasteiger partial charge on any atom is -0.497 e. The quantitative estimate of drug-likeness (QED) is 0.764. The van der Waals surface area contributed by atoms with Crippen molar-refractivity contribution in [3.63, 3.8) is 0 Å². The Morgan fingerprint density at radius 2 is 1.81 bits per heavy atom. The van der Waals surface area contributed by atoms with E-state index >= 15 is 0 Å². The molecule has 0 spiro atoms. The molecule has 2 N–H and O–H groups in total. The summed E-state index contributed by atoms with van der Waals surface area (Å²) >= 11 is 0. The average Bonchev–Trinajstić information content (AvgIpc) is 3.51. The third-order valence-corrected chi connectivity index (χ3v) is 4.98. The lowest BCUT2D eigenvalue weighted by Crippen LogP contribution is -3.16. The highest BCUT2D eigenvalue weighted by Crippen LogP contribution is 2.23. The molecule has 2 aromatic rings. The predicted molar refractivity (Wildman–Crippen MR) is 102 cm³/mol. The van der Waals surface area contributed by atoms with Gasteiger partial charge in [-0.15, -0.1) is 0 Å². The number of benzene rings is 2. The molecule has 1 unspecified atom stereocenters. The fourth-order valence-corrected chi connectivity index (χ4v) is 3.24. The molecule has 3 rings (SSSR count). The average molecular weight is 355 g/mol. The van der Waals surface area contributed by atoms with Crippen LogP contribution < -0.4 is 19.7 Å². The van der Waals surface area contributed by atoms with Gasteiger partial charge in [-0.1, -0.05) is 12.1 Å². The Hall–Kier alpha value is -2.53. The van der Waals surface area contributed by atoms with Crippen LogP contribution in [0.4, 0.5) is 5.69 Å². The number of nitrogens with one attached hydrogen (secondary N) is 2. The number of amides is 1. The van der Waals surface area contributed by atoms with Gasteiger partial charge in [0.05, 0.1) is 25.9 Å². The fraction of sp³-hybridized carbons (Fsp3) is 0.381. The van der Waals surface area contributed by atoms with Crippen LogP contribution in [-0.4, -0.2) is 32.2 Å². The second-order valence-electron chi connectivity index (χ2n) is 6.79. The van der Waals surface area contributed by atoms with Gasteiger partial charge in [-0.05, 0) is 43.3 Å². The molecule has 2 aromatic carbocycles. The normalized spacial score (nSPS) is 15.8. The van der Waals surface area contributed by atoms with Crippen molar-refractivity contribution in [2.45, 2.75) is 38.4 Å². The zero-order chi connectivity index (χ0) is 18.5. The van der Waals surface area contributed by atoms with Crippen LogP contribution >= 0.6 is 0 Å². The molecule has 0 bridgehead atoms. The second-order valence-corrected chi connectivity index (χ2v) is 6.79. The van der Waals surface area contributed by atoms with Gasteiger partial charge in [0.15, 0.2) is 6.04 Å². The van der Waals surface area contributed by atoms with Crippen LogP contribution in [0.25, 0.3) is 0 Å². The summed E-state index contributed by atoms with van der Waals surface area (Å²) in [5.74, 6) is 1.55. The second kappa shape index (κ2) is 8.23. The Kier molecular flexibility index (Phi) is 5.78. The number of hydrogen-bond donors (Lipinski definition) is 2. The molecule has 1 aliphatic carbocycles. The number of hydrogen-bond acceptors (Lipinski definition) is 3. The summed E-state index contributed by atoms with van der Waals surface area (Å²) in [4.78, 5) is 14.1. The van der Waals surface area contributed by atoms with Crippen LogP contribution in [0.15, 0.2) is 48.5 Å². The van der Waals surface area contributed by atoms with Gasteiger partial charge in [-0.2, -0.15) is 0 Å². The van der Waals surface area contributed by atoms with Crippen molar-refractivity contribution in [1.82, 2.24) is 0 Å². The smallest absolute Gasteiger partial charge is 0.282 e. The zero-order valence-corrected chi connectivity index (χ0v) is 15.6. The molecule has 1 fully saturated rings. The summed E-state index contributed by atoms with van der Waals surface area (Å²) in [6, 6.07) is 16.0. The molecular formula is C21H27N2O3+. The first-order valence-electron chi connectivity index (χ1n) is 9.04. The first-order valence-corrected chi connectivity index (χ1v) is 9.04. The molecule has 1 saturated carbocycles. The standard InChI is InChI=1S/C21H26N2O3/c1-15(21(24)22-19-6-4-5-7-20(19)26-3)23(17-10-11-17)14-16-8-12-18(25-2)13-9-16/h4-9,12-13,15,17H,10-11,14H2,1-3H3,(H,22,24)/p+1/t15-/m0/s1. The monoisotopic (exact) mass is 355 g/mol. The lowest BCUT2D eigenvalue weighted by molar-refractivity contribution is -0.938. The van der Waals surface area contributed by atoms with E-state index in [0.717, 1.165) is 12.3 Å². The van der Waals surface area contributed by atoms with Crippen LogP contribution in [0.1, 0.15) is 25.3 Å². The highest BCUT2D eigenvalue weighted by molar-refractivity contribution is 5.94. The van der Waals surface area contributed by atoms with Gasteiger partial charge in [0.1, 0.15) is 18.0 Å². The van der Waals surface area contributed by atoms with E-state index in [0.29, 0.717) is 17.5 Å². The summed E-state index contributed by atoms with van der Waals surface area (Å²) in [5, 5.41) is 3.02. The predicted octanol–water partition coefficient (Wildman–Crippen LogP) is 2.28. The van der Waals surface area contributed by atoms with Gasteiger partial charge >= 0.3 is 0 Å². The molecule has 0 saturated heterocycles. The van der Waals surface area contributed by atoms with E-state index < -0.39 is 0 Å². The van der Waals surface area contributed by atoms with Crippen molar-refractivity contribution in [2.75, 3.05) is 19.5 Å². The summed E-state index contributed by atoms with van der Waals surface area (Å²) in [5.41, 5.74) is 1.93. The molecule has 2 atom stereocenters. The van der Waals surface area contributed by atoms with E-state index in [1.54, 1.807) is 14.2 Å². The highest BCUT2D eigenvalue weighted by atomic mass is 16.5. The molecule has 0 heterocycles. The number of anilines is 1. The first-order chi connectivity index (χ1) is 12.6. The number of carbonyl (C=O) groups is 1. The SMILES string of the molecule is COc1ccc(C[NH+](C2CC2)[C@@H](C)C(=O)Nc2ccccc2OC)cc1. The Bertz CT molecular complexity index is 741. The van der Waals surface area contributed by atoms with Crippen molar-refractivity contribution >= 4 is 11.6 Å². The largest absolute Gasteiger partial charge is 0.497 e. The third-order valence-electron chi connectivity index (χ3n) is 4.98. The summed E-state index contributed by atoms with van der Waals surface area (Å²) < 4.78 is 10.6. The highest BCUT2D eigenvalue weighted by Gasteiger charge is 2.39. The van der Waals surface area contributed by atoms with E-state index in [1.807, 2.05) is 43.3 Å². The van der Waals surface area contributed by atoms with Crippen LogP contribution in [0, 0.1) is 0 Å². The zero-order valence-electron chi connectivity index (χ0n) is 15.6. The number of ether oxygens (including phenoxy) is 2. The van der Waals surface area contributed by atoms with Crippen LogP contribution in [0.5, 0.6) is 11.5 Å². The molecule has 0 aromatic heterocycles. The van der Waals surface area contributed by atoms with Crippen molar-refractivity contribution in [1.29, 1.82) is 0 Å². The van der Waals surface area contributed by atoms with Crippen LogP contribution in [0.3, 0.4) is 0 Å². The van der Waals surface area contributed by atoms with Gasteiger partial charge in [0.2, 0.25) is 0 Å². The molecule has 138 valence electrons. The van der Waals surface area contributed by atoms with Gasteiger partial charge in [-0.25, -0.2) is 0 Å². The minimum atomic E-state index is -0.144. The maximum atomic E-state index is 12.8. The van der Waals surface area contributed by atoms with E-state index in [9.17, 15) is 4.79 Å². The van der Waals surface area contributed by atoms with E-state index in [4.69, 9.17) is 9.47 Å².